The molecule has 0 heterocycles. The summed E-state index contributed by atoms with van der Waals surface area (Å²) in [5.74, 6) is 0. The van der Waals surface area contributed by atoms with Crippen LogP contribution in [-0.2, 0) is 12.8 Å². The highest BCUT2D eigenvalue weighted by Crippen LogP contribution is 2.46. The fourth-order valence-corrected chi connectivity index (χ4v) is 8.29. The van der Waals surface area contributed by atoms with Crippen LogP contribution in [0.4, 0.5) is 0 Å². The molecule has 0 N–H and O–H groups in total. The molecular weight excluding hydrogens is 577 g/mol. The largest absolute Gasteiger partial charge is 0.0616 e. The molecule has 48 heavy (non-hydrogen) atoms. The van der Waals surface area contributed by atoms with Crippen molar-refractivity contribution in [3.05, 3.63) is 181 Å². The van der Waals surface area contributed by atoms with E-state index < -0.39 is 0 Å². The summed E-state index contributed by atoms with van der Waals surface area (Å²) in [5.41, 5.74) is 13.3. The van der Waals surface area contributed by atoms with E-state index >= 15 is 0 Å². The van der Waals surface area contributed by atoms with Gasteiger partial charge in [-0.1, -0.05) is 152 Å². The summed E-state index contributed by atoms with van der Waals surface area (Å²) >= 11 is 0. The van der Waals surface area contributed by atoms with E-state index in [1.54, 1.807) is 0 Å². The summed E-state index contributed by atoms with van der Waals surface area (Å²) < 4.78 is 0. The van der Waals surface area contributed by atoms with E-state index in [9.17, 15) is 0 Å². The summed E-state index contributed by atoms with van der Waals surface area (Å²) in [6.07, 6.45) is 2.16. The van der Waals surface area contributed by atoms with Crippen LogP contribution in [0.3, 0.4) is 0 Å². The van der Waals surface area contributed by atoms with Crippen molar-refractivity contribution < 1.29 is 0 Å². The fraction of sp³-hybridized carbons (Fsp3) is 0.0417. The summed E-state index contributed by atoms with van der Waals surface area (Å²) in [6.45, 7) is 0. The quantitative estimate of drug-likeness (QED) is 0.175. The Kier molecular flexibility index (Phi) is 6.11. The van der Waals surface area contributed by atoms with E-state index in [1.165, 1.54) is 98.7 Å². The highest BCUT2D eigenvalue weighted by molar-refractivity contribution is 6.21. The van der Waals surface area contributed by atoms with Gasteiger partial charge in [-0.05, 0) is 130 Å². The minimum Gasteiger partial charge on any atom is -0.0616 e. The van der Waals surface area contributed by atoms with Crippen LogP contribution in [0.5, 0.6) is 0 Å². The van der Waals surface area contributed by atoms with Crippen LogP contribution in [0.15, 0.2) is 170 Å². The Balaban J connectivity index is 1.19. The second kappa shape index (κ2) is 10.8. The molecule has 0 aliphatic heterocycles. The van der Waals surface area contributed by atoms with Crippen LogP contribution in [0.2, 0.25) is 0 Å². The molecule has 0 saturated carbocycles. The Morgan fingerprint density at radius 1 is 0.292 bits per heavy atom. The molecule has 9 aromatic carbocycles. The maximum Gasteiger partial charge on any atom is -0.00262 e. The molecule has 1 aliphatic rings. The monoisotopic (exact) mass is 608 g/mol. The lowest BCUT2D eigenvalue weighted by atomic mass is 9.80. The number of aryl methyl sites for hydroxylation is 2. The lowest BCUT2D eigenvalue weighted by Crippen LogP contribution is -2.05. The molecule has 10 rings (SSSR count). The first-order valence-electron chi connectivity index (χ1n) is 17.0. The van der Waals surface area contributed by atoms with Crippen molar-refractivity contribution in [2.24, 2.45) is 0 Å². The van der Waals surface area contributed by atoms with Gasteiger partial charge in [0.2, 0.25) is 0 Å². The van der Waals surface area contributed by atoms with Crippen LogP contribution >= 0.6 is 0 Å². The van der Waals surface area contributed by atoms with Crippen LogP contribution in [0, 0.1) is 0 Å². The molecule has 0 atom stereocenters. The van der Waals surface area contributed by atoms with Gasteiger partial charge < -0.3 is 0 Å². The third-order valence-electron chi connectivity index (χ3n) is 10.5. The van der Waals surface area contributed by atoms with Gasteiger partial charge in [-0.15, -0.1) is 0 Å². The Bertz CT molecular complexity index is 2670. The second-order valence-corrected chi connectivity index (χ2v) is 13.2. The molecule has 0 fully saturated rings. The van der Waals surface area contributed by atoms with Crippen molar-refractivity contribution >= 4 is 43.1 Å². The Morgan fingerprint density at radius 3 is 1.56 bits per heavy atom. The van der Waals surface area contributed by atoms with Crippen molar-refractivity contribution in [2.75, 3.05) is 0 Å². The molecule has 0 heteroatoms. The summed E-state index contributed by atoms with van der Waals surface area (Å²) in [5, 5.41) is 10.4. The average Bonchev–Trinajstić information content (AvgIpc) is 3.16. The van der Waals surface area contributed by atoms with E-state index in [1.807, 2.05) is 0 Å². The van der Waals surface area contributed by atoms with Crippen molar-refractivity contribution in [3.8, 4) is 44.5 Å². The average molecular weight is 609 g/mol. The van der Waals surface area contributed by atoms with E-state index in [2.05, 4.69) is 170 Å². The predicted molar refractivity (Wildman–Crippen MR) is 206 cm³/mol. The molecule has 0 spiro atoms. The molecule has 224 valence electrons. The first-order valence-corrected chi connectivity index (χ1v) is 17.0. The normalized spacial score (nSPS) is 12.4. The van der Waals surface area contributed by atoms with Gasteiger partial charge in [0.15, 0.2) is 0 Å². The Labute approximate surface area is 280 Å². The number of rotatable bonds is 3. The van der Waals surface area contributed by atoms with E-state index in [4.69, 9.17) is 0 Å². The SMILES string of the molecule is c1cc(-c2ccc3ccccc3c2)cc(-c2c3ccccc3c(-c3ccc4c(c3)-c3ccc5ccccc5c3CC4)c3ccccc23)c1. The van der Waals surface area contributed by atoms with Gasteiger partial charge in [-0.25, -0.2) is 0 Å². The first-order chi connectivity index (χ1) is 23.8. The maximum atomic E-state index is 2.47. The van der Waals surface area contributed by atoms with E-state index in [0.29, 0.717) is 0 Å². The number of fused-ring (bicyclic) bond motifs is 8. The molecule has 0 saturated heterocycles. The zero-order chi connectivity index (χ0) is 31.6. The van der Waals surface area contributed by atoms with E-state index in [0.717, 1.165) is 12.8 Å². The zero-order valence-electron chi connectivity index (χ0n) is 26.6. The Hall–Kier alpha value is -5.98. The van der Waals surface area contributed by atoms with Crippen molar-refractivity contribution in [1.82, 2.24) is 0 Å². The number of hydrogen-bond donors (Lipinski definition) is 0. The second-order valence-electron chi connectivity index (χ2n) is 13.2. The Morgan fingerprint density at radius 2 is 0.833 bits per heavy atom. The third-order valence-corrected chi connectivity index (χ3v) is 10.5. The molecule has 0 nitrogen and oxygen atoms in total. The third kappa shape index (κ3) is 4.23. The highest BCUT2D eigenvalue weighted by Gasteiger charge is 2.21. The van der Waals surface area contributed by atoms with Gasteiger partial charge in [0.1, 0.15) is 0 Å². The zero-order valence-corrected chi connectivity index (χ0v) is 26.6. The topological polar surface area (TPSA) is 0 Å². The summed E-state index contributed by atoms with van der Waals surface area (Å²) in [4.78, 5) is 0. The fourth-order valence-electron chi connectivity index (χ4n) is 8.29. The minimum atomic E-state index is 1.07. The summed E-state index contributed by atoms with van der Waals surface area (Å²) in [7, 11) is 0. The lowest BCUT2D eigenvalue weighted by Gasteiger charge is -2.23. The molecule has 0 amide bonds. The smallest absolute Gasteiger partial charge is 0.00262 e. The van der Waals surface area contributed by atoms with Crippen molar-refractivity contribution in [2.45, 2.75) is 12.8 Å². The molecule has 1 aliphatic carbocycles. The molecular formula is C48H32. The first kappa shape index (κ1) is 27.2. The van der Waals surface area contributed by atoms with Gasteiger partial charge in [0.25, 0.3) is 0 Å². The predicted octanol–water partition coefficient (Wildman–Crippen LogP) is 13.1. The van der Waals surface area contributed by atoms with Crippen LogP contribution < -0.4 is 0 Å². The van der Waals surface area contributed by atoms with Gasteiger partial charge in [-0.3, -0.25) is 0 Å². The number of hydrogen-bond acceptors (Lipinski definition) is 0. The number of benzene rings is 9. The van der Waals surface area contributed by atoms with Crippen molar-refractivity contribution in [1.29, 1.82) is 0 Å². The molecule has 0 radical (unpaired) electrons. The molecule has 9 aromatic rings. The van der Waals surface area contributed by atoms with E-state index in [-0.39, 0.29) is 0 Å². The van der Waals surface area contributed by atoms with Crippen LogP contribution in [0.25, 0.3) is 87.6 Å². The van der Waals surface area contributed by atoms with Crippen LogP contribution in [-0.4, -0.2) is 0 Å². The van der Waals surface area contributed by atoms with Gasteiger partial charge in [0, 0.05) is 0 Å². The maximum absolute atomic E-state index is 2.47. The van der Waals surface area contributed by atoms with Crippen LogP contribution in [0.1, 0.15) is 11.1 Å². The molecule has 0 bridgehead atoms. The lowest BCUT2D eigenvalue weighted by molar-refractivity contribution is 0.951. The molecule has 0 unspecified atom stereocenters. The van der Waals surface area contributed by atoms with Crippen molar-refractivity contribution in [3.63, 3.8) is 0 Å². The molecule has 0 aromatic heterocycles. The standard InChI is InChI=1S/C48H32/c1-2-12-34-28-36(22-20-31(34)10-1)35-13-9-14-37(29-35)47-42-16-5-7-18-44(42)48(45-19-8-6-17-43(45)47)38-23-21-33-25-26-40-39-15-4-3-11-32(39)24-27-41(40)46(33)30-38/h1-24,27-30H,25-26H2. The summed E-state index contributed by atoms with van der Waals surface area (Å²) in [6, 6.07) is 63.2. The highest BCUT2D eigenvalue weighted by atomic mass is 14.2. The van der Waals surface area contributed by atoms with Gasteiger partial charge in [-0.2, -0.15) is 0 Å². The van der Waals surface area contributed by atoms with Gasteiger partial charge >= 0.3 is 0 Å². The minimum absolute atomic E-state index is 1.07. The van der Waals surface area contributed by atoms with Gasteiger partial charge in [0.05, 0.1) is 0 Å².